The van der Waals surface area contributed by atoms with Crippen LogP contribution in [0.4, 0.5) is 5.82 Å². The third-order valence-corrected chi connectivity index (χ3v) is 6.78. The van der Waals surface area contributed by atoms with Crippen LogP contribution in [0.3, 0.4) is 0 Å². The zero-order chi connectivity index (χ0) is 29.8. The lowest BCUT2D eigenvalue weighted by Crippen LogP contribution is -2.41. The molecule has 1 amide bonds. The van der Waals surface area contributed by atoms with E-state index in [1.54, 1.807) is 37.1 Å². The number of nitrogens with one attached hydrogen (secondary N) is 2. The van der Waals surface area contributed by atoms with Crippen LogP contribution in [0.2, 0.25) is 0 Å². The van der Waals surface area contributed by atoms with Gasteiger partial charge in [-0.3, -0.25) is 14.3 Å². The fourth-order valence-corrected chi connectivity index (χ4v) is 5.12. The van der Waals surface area contributed by atoms with Gasteiger partial charge in [0.1, 0.15) is 12.2 Å². The normalized spacial score (nSPS) is 25.1. The number of carbonyl (C=O) groups is 1. The third-order valence-electron chi connectivity index (χ3n) is 6.78. The molecule has 5 heterocycles. The molecule has 6 rings (SSSR count). The number of hydrogen-bond donors (Lipinski definition) is 2. The zero-order valence-corrected chi connectivity index (χ0v) is 22.0. The molecule has 2 fully saturated rings. The van der Waals surface area contributed by atoms with Gasteiger partial charge < -0.3 is 24.8 Å². The van der Waals surface area contributed by atoms with Crippen molar-refractivity contribution in [2.24, 2.45) is 0 Å². The molecule has 4 aromatic rings. The summed E-state index contributed by atoms with van der Waals surface area (Å²) >= 11 is 0. The molecule has 2 N–H and O–H groups in total. The molecule has 0 bridgehead atoms. The molecule has 3 aromatic heterocycles. The first-order valence-corrected chi connectivity index (χ1v) is 12.7. The topological polar surface area (TPSA) is 125 Å². The number of nitrogens with zero attached hydrogens (tertiary/aromatic N) is 5. The van der Waals surface area contributed by atoms with Gasteiger partial charge in [0.15, 0.2) is 40.9 Å². The van der Waals surface area contributed by atoms with Crippen LogP contribution in [-0.2, 0) is 25.5 Å². The summed E-state index contributed by atoms with van der Waals surface area (Å²) in [6.45, 7) is 5.24. The lowest BCUT2D eigenvalue weighted by Gasteiger charge is -2.24. The second kappa shape index (κ2) is 9.67. The van der Waals surface area contributed by atoms with E-state index >= 15 is 0 Å². The Morgan fingerprint density at radius 1 is 1.13 bits per heavy atom. The fourth-order valence-electron chi connectivity index (χ4n) is 5.12. The number of amides is 1. The van der Waals surface area contributed by atoms with Gasteiger partial charge in [-0.15, -0.1) is 0 Å². The monoisotopic (exact) mass is 532 g/mol. The molecule has 2 aliphatic heterocycles. The first-order chi connectivity index (χ1) is 19.9. The Bertz CT molecular complexity index is 1660. The van der Waals surface area contributed by atoms with E-state index in [4.69, 9.17) is 28.3 Å². The minimum absolute atomic E-state index is 0.419. The number of pyridine rings is 1. The first kappa shape index (κ1) is 21.9. The van der Waals surface area contributed by atoms with Crippen LogP contribution in [0.25, 0.3) is 22.6 Å². The van der Waals surface area contributed by atoms with Crippen molar-refractivity contribution in [2.45, 2.75) is 64.6 Å². The third kappa shape index (κ3) is 4.73. The number of fused-ring (bicyclic) bond motifs is 2. The number of aryl methyl sites for hydroxylation is 2. The molecule has 11 heteroatoms. The minimum atomic E-state index is -2.69. The lowest BCUT2D eigenvalue weighted by molar-refractivity contribution is -0.197. The molecule has 11 nitrogen and oxygen atoms in total. The van der Waals surface area contributed by atoms with E-state index in [1.165, 1.54) is 0 Å². The largest absolute Gasteiger partial charge is 0.364 e. The number of ether oxygens (including phenoxy) is 3. The summed E-state index contributed by atoms with van der Waals surface area (Å²) in [6.07, 6.45) is 1.26. The summed E-state index contributed by atoms with van der Waals surface area (Å²) in [6, 6.07) is 10.1. The standard InChI is InChI=1S/C28H31N7O4/c1-15-7-6-8-17(9-15)12-31-24-19-25(34-23(33-24)18-10-16(2)11-30-13-18)35(14-32-19)27-22-20(38-28(3,4)39-22)21(37-27)26(36)29-5/h6-11,13-14,20-22,27H,12H2,1-5H3,(H,29,36)(H,31,33,34)/t20-,21+,22-,27-/m1/s1/i5D3. The number of imidazole rings is 1. The van der Waals surface area contributed by atoms with Gasteiger partial charge in [-0.05, 0) is 44.9 Å². The highest BCUT2D eigenvalue weighted by molar-refractivity contribution is 5.85. The van der Waals surface area contributed by atoms with Crippen LogP contribution in [0.1, 0.15) is 40.9 Å². The van der Waals surface area contributed by atoms with E-state index < -0.39 is 43.2 Å². The second-order valence-electron chi connectivity index (χ2n) is 10.3. The summed E-state index contributed by atoms with van der Waals surface area (Å²) < 4.78 is 42.4. The summed E-state index contributed by atoms with van der Waals surface area (Å²) in [5, 5.41) is 5.42. The molecule has 4 atom stereocenters. The lowest BCUT2D eigenvalue weighted by atomic mass is 10.1. The van der Waals surface area contributed by atoms with Crippen LogP contribution in [0, 0.1) is 13.8 Å². The molecule has 2 aliphatic rings. The highest BCUT2D eigenvalue weighted by Crippen LogP contribution is 2.44. The summed E-state index contributed by atoms with van der Waals surface area (Å²) in [5.74, 6) is -0.922. The van der Waals surface area contributed by atoms with Crippen LogP contribution in [0.15, 0.2) is 49.1 Å². The molecule has 39 heavy (non-hydrogen) atoms. The molecule has 0 aliphatic carbocycles. The minimum Gasteiger partial charge on any atom is -0.364 e. The number of carbonyl (C=O) groups excluding carboxylic acids is 1. The van der Waals surface area contributed by atoms with Crippen LogP contribution in [-0.4, -0.2) is 61.5 Å². The summed E-state index contributed by atoms with van der Waals surface area (Å²) in [7, 11) is 0. The van der Waals surface area contributed by atoms with E-state index in [0.717, 1.165) is 16.7 Å². The van der Waals surface area contributed by atoms with Gasteiger partial charge in [0.05, 0.1) is 6.33 Å². The van der Waals surface area contributed by atoms with Crippen molar-refractivity contribution >= 4 is 22.9 Å². The van der Waals surface area contributed by atoms with Gasteiger partial charge in [0.25, 0.3) is 5.91 Å². The molecule has 0 unspecified atom stereocenters. The highest BCUT2D eigenvalue weighted by Gasteiger charge is 2.58. The number of hydrogen-bond acceptors (Lipinski definition) is 9. The van der Waals surface area contributed by atoms with Crippen molar-refractivity contribution in [3.8, 4) is 11.4 Å². The number of rotatable bonds is 6. The Hall–Kier alpha value is -3.93. The molecule has 2 saturated heterocycles. The maximum Gasteiger partial charge on any atom is 0.251 e. The molecular formula is C28H31N7O4. The Labute approximate surface area is 230 Å². The predicted molar refractivity (Wildman–Crippen MR) is 144 cm³/mol. The van der Waals surface area contributed by atoms with Crippen molar-refractivity contribution < 1.29 is 23.1 Å². The van der Waals surface area contributed by atoms with Crippen molar-refractivity contribution in [1.29, 1.82) is 0 Å². The van der Waals surface area contributed by atoms with E-state index in [-0.39, 0.29) is 0 Å². The van der Waals surface area contributed by atoms with Crippen LogP contribution in [0.5, 0.6) is 0 Å². The molecule has 202 valence electrons. The fraction of sp³-hybridized carbons (Fsp3) is 0.393. The number of aromatic nitrogens is 5. The Balaban J connectivity index is 1.42. The van der Waals surface area contributed by atoms with E-state index in [2.05, 4.69) is 21.4 Å². The van der Waals surface area contributed by atoms with E-state index in [1.807, 2.05) is 43.4 Å². The highest BCUT2D eigenvalue weighted by atomic mass is 16.8. The second-order valence-corrected chi connectivity index (χ2v) is 10.3. The Morgan fingerprint density at radius 3 is 2.77 bits per heavy atom. The van der Waals surface area contributed by atoms with E-state index in [0.29, 0.717) is 34.9 Å². The predicted octanol–water partition coefficient (Wildman–Crippen LogP) is 3.28. The molecule has 0 spiro atoms. The SMILES string of the molecule is [2H]C([2H])([2H])NC(=O)[C@H]1O[C@@H](n2cnc3c(NCc4cccc(C)c4)nc(-c4cncc(C)c4)nc32)[C@@H]2OC(C)(C)O[C@@H]21. The average molecular weight is 533 g/mol. The van der Waals surface area contributed by atoms with E-state index in [9.17, 15) is 4.79 Å². The van der Waals surface area contributed by atoms with Crippen LogP contribution < -0.4 is 10.6 Å². The first-order valence-electron chi connectivity index (χ1n) is 14.2. The number of benzene rings is 1. The Morgan fingerprint density at radius 2 is 1.97 bits per heavy atom. The molecular weight excluding hydrogens is 498 g/mol. The number of anilines is 1. The molecule has 1 aromatic carbocycles. The van der Waals surface area contributed by atoms with Crippen molar-refractivity contribution in [1.82, 2.24) is 29.8 Å². The van der Waals surface area contributed by atoms with Gasteiger partial charge in [0.2, 0.25) is 0 Å². The van der Waals surface area contributed by atoms with Gasteiger partial charge in [-0.1, -0.05) is 29.8 Å². The van der Waals surface area contributed by atoms with Gasteiger partial charge in [0, 0.05) is 35.6 Å². The summed E-state index contributed by atoms with van der Waals surface area (Å²) in [5.41, 5.74) is 4.80. The van der Waals surface area contributed by atoms with Gasteiger partial charge >= 0.3 is 0 Å². The maximum atomic E-state index is 13.0. The Kier molecular flexibility index (Phi) is 5.44. The zero-order valence-electron chi connectivity index (χ0n) is 25.0. The quantitative estimate of drug-likeness (QED) is 0.385. The van der Waals surface area contributed by atoms with Crippen LogP contribution >= 0.6 is 0 Å². The maximum absolute atomic E-state index is 13.0. The van der Waals surface area contributed by atoms with Crippen molar-refractivity contribution in [3.63, 3.8) is 0 Å². The smallest absolute Gasteiger partial charge is 0.251 e. The van der Waals surface area contributed by atoms with Gasteiger partial charge in [-0.2, -0.15) is 0 Å². The number of likely N-dealkylation sites (N-methyl/N-ethyl adjacent to an activating group) is 1. The summed E-state index contributed by atoms with van der Waals surface area (Å²) in [4.78, 5) is 31.5. The van der Waals surface area contributed by atoms with Gasteiger partial charge in [-0.25, -0.2) is 15.0 Å². The molecule has 0 saturated carbocycles. The molecule has 0 radical (unpaired) electrons. The average Bonchev–Trinajstić information content (AvgIpc) is 3.56. The van der Waals surface area contributed by atoms with Crippen molar-refractivity contribution in [3.05, 3.63) is 65.7 Å². The van der Waals surface area contributed by atoms with Crippen molar-refractivity contribution in [2.75, 3.05) is 12.3 Å².